The third kappa shape index (κ3) is 2.40. The first kappa shape index (κ1) is 11.7. The lowest BCUT2D eigenvalue weighted by Gasteiger charge is -2.00. The molecular weight excluding hydrogens is 255 g/mol. The number of aromatic nitrogens is 1. The molecule has 1 aliphatic carbocycles. The van der Waals surface area contributed by atoms with Gasteiger partial charge in [0.15, 0.2) is 0 Å². The van der Waals surface area contributed by atoms with Crippen LogP contribution in [0.25, 0.3) is 11.5 Å². The van der Waals surface area contributed by atoms with Gasteiger partial charge < -0.3 is 9.73 Å². The molecular formula is C13H12ClFN2O. The summed E-state index contributed by atoms with van der Waals surface area (Å²) in [4.78, 5) is 4.25. The van der Waals surface area contributed by atoms with Crippen LogP contribution in [0.2, 0.25) is 5.02 Å². The van der Waals surface area contributed by atoms with Gasteiger partial charge in [0, 0.05) is 12.6 Å². The fourth-order valence-corrected chi connectivity index (χ4v) is 1.99. The minimum absolute atomic E-state index is 0.219. The van der Waals surface area contributed by atoms with E-state index < -0.39 is 5.82 Å². The van der Waals surface area contributed by atoms with Crippen molar-refractivity contribution in [3.63, 3.8) is 0 Å². The molecule has 1 aliphatic rings. The summed E-state index contributed by atoms with van der Waals surface area (Å²) in [5.74, 6) is -0.197. The van der Waals surface area contributed by atoms with Crippen LogP contribution in [0.1, 0.15) is 18.5 Å². The van der Waals surface area contributed by atoms with Crippen molar-refractivity contribution in [1.29, 1.82) is 0 Å². The average Bonchev–Trinajstić information content (AvgIpc) is 3.06. The van der Waals surface area contributed by atoms with E-state index in [1.807, 2.05) is 0 Å². The third-order valence-electron chi connectivity index (χ3n) is 2.88. The maximum atomic E-state index is 13.7. The predicted octanol–water partition coefficient (Wildman–Crippen LogP) is 3.39. The standard InChI is InChI=1S/C13H12ClFN2O/c14-10-2-1-3-11(15)12(10)13-17-9(7-18-13)6-16-8-4-5-8/h1-3,7-8,16H,4-6H2. The zero-order valence-corrected chi connectivity index (χ0v) is 10.4. The van der Waals surface area contributed by atoms with Crippen molar-refractivity contribution in [2.75, 3.05) is 0 Å². The van der Waals surface area contributed by atoms with E-state index in [1.54, 1.807) is 12.1 Å². The Morgan fingerprint density at radius 1 is 1.44 bits per heavy atom. The summed E-state index contributed by atoms with van der Waals surface area (Å²) in [6.07, 6.45) is 3.96. The molecule has 0 atom stereocenters. The normalized spacial score (nSPS) is 15.0. The van der Waals surface area contributed by atoms with E-state index in [2.05, 4.69) is 10.3 Å². The first-order valence-electron chi connectivity index (χ1n) is 5.86. The molecule has 0 bridgehead atoms. The quantitative estimate of drug-likeness (QED) is 0.922. The second-order valence-electron chi connectivity index (χ2n) is 4.40. The molecule has 0 radical (unpaired) electrons. The Balaban J connectivity index is 1.83. The molecule has 1 saturated carbocycles. The van der Waals surface area contributed by atoms with E-state index in [4.69, 9.17) is 16.0 Å². The second-order valence-corrected chi connectivity index (χ2v) is 4.80. The van der Waals surface area contributed by atoms with E-state index in [0.717, 1.165) is 5.69 Å². The minimum Gasteiger partial charge on any atom is -0.444 e. The molecule has 1 N–H and O–H groups in total. The lowest BCUT2D eigenvalue weighted by molar-refractivity contribution is 0.559. The van der Waals surface area contributed by atoms with Crippen LogP contribution in [0.3, 0.4) is 0 Å². The van der Waals surface area contributed by atoms with E-state index in [0.29, 0.717) is 17.6 Å². The number of hydrogen-bond acceptors (Lipinski definition) is 3. The van der Waals surface area contributed by atoms with Crippen LogP contribution in [0, 0.1) is 5.82 Å². The van der Waals surface area contributed by atoms with Gasteiger partial charge >= 0.3 is 0 Å². The molecule has 0 spiro atoms. The van der Waals surface area contributed by atoms with Gasteiger partial charge in [-0.2, -0.15) is 0 Å². The van der Waals surface area contributed by atoms with Crippen LogP contribution in [-0.2, 0) is 6.54 Å². The van der Waals surface area contributed by atoms with Gasteiger partial charge in [-0.05, 0) is 25.0 Å². The molecule has 3 rings (SSSR count). The Labute approximate surface area is 109 Å². The monoisotopic (exact) mass is 266 g/mol. The number of halogens is 2. The summed E-state index contributed by atoms with van der Waals surface area (Å²) in [5.41, 5.74) is 0.980. The van der Waals surface area contributed by atoms with Gasteiger partial charge in [-0.15, -0.1) is 0 Å². The van der Waals surface area contributed by atoms with Gasteiger partial charge in [0.05, 0.1) is 16.3 Å². The van der Waals surface area contributed by atoms with Crippen LogP contribution in [0.5, 0.6) is 0 Å². The predicted molar refractivity (Wildman–Crippen MR) is 66.8 cm³/mol. The van der Waals surface area contributed by atoms with Gasteiger partial charge in [0.25, 0.3) is 0 Å². The molecule has 1 fully saturated rings. The molecule has 1 aromatic carbocycles. The Morgan fingerprint density at radius 3 is 3.00 bits per heavy atom. The van der Waals surface area contributed by atoms with Crippen LogP contribution in [0.4, 0.5) is 4.39 Å². The molecule has 2 aromatic rings. The number of nitrogens with zero attached hydrogens (tertiary/aromatic N) is 1. The highest BCUT2D eigenvalue weighted by Crippen LogP contribution is 2.29. The SMILES string of the molecule is Fc1cccc(Cl)c1-c1nc(CNC2CC2)co1. The number of rotatable bonds is 4. The number of oxazole rings is 1. The molecule has 0 aliphatic heterocycles. The van der Waals surface area contributed by atoms with Crippen LogP contribution >= 0.6 is 11.6 Å². The molecule has 1 heterocycles. The summed E-state index contributed by atoms with van der Waals surface area (Å²) in [5, 5.41) is 3.62. The molecule has 0 amide bonds. The lowest BCUT2D eigenvalue weighted by Crippen LogP contribution is -2.15. The topological polar surface area (TPSA) is 38.1 Å². The number of hydrogen-bond donors (Lipinski definition) is 1. The summed E-state index contributed by atoms with van der Waals surface area (Å²) in [7, 11) is 0. The molecule has 0 unspecified atom stereocenters. The Kier molecular flexibility index (Phi) is 3.06. The maximum absolute atomic E-state index is 13.7. The van der Waals surface area contributed by atoms with Crippen LogP contribution in [0.15, 0.2) is 28.9 Å². The van der Waals surface area contributed by atoms with Crippen molar-refractivity contribution in [2.45, 2.75) is 25.4 Å². The zero-order valence-electron chi connectivity index (χ0n) is 9.62. The molecule has 0 saturated heterocycles. The minimum atomic E-state index is -0.425. The second kappa shape index (κ2) is 4.71. The van der Waals surface area contributed by atoms with Crippen LogP contribution in [-0.4, -0.2) is 11.0 Å². The Hall–Kier alpha value is -1.39. The Bertz CT molecular complexity index is 546. The molecule has 5 heteroatoms. The van der Waals surface area contributed by atoms with Crippen LogP contribution < -0.4 is 5.32 Å². The van der Waals surface area contributed by atoms with Crippen molar-refractivity contribution in [1.82, 2.24) is 10.3 Å². The summed E-state index contributed by atoms with van der Waals surface area (Å²) in [6.45, 7) is 0.639. The van der Waals surface area contributed by atoms with Gasteiger partial charge in [-0.3, -0.25) is 0 Å². The first-order chi connectivity index (χ1) is 8.74. The number of benzene rings is 1. The Morgan fingerprint density at radius 2 is 2.28 bits per heavy atom. The van der Waals surface area contributed by atoms with Crippen molar-refractivity contribution < 1.29 is 8.81 Å². The van der Waals surface area contributed by atoms with E-state index in [1.165, 1.54) is 25.2 Å². The lowest BCUT2D eigenvalue weighted by atomic mass is 10.2. The summed E-state index contributed by atoms with van der Waals surface area (Å²) < 4.78 is 19.0. The number of nitrogens with one attached hydrogen (secondary N) is 1. The maximum Gasteiger partial charge on any atom is 0.230 e. The van der Waals surface area contributed by atoms with Crippen molar-refractivity contribution in [3.05, 3.63) is 41.0 Å². The fourth-order valence-electron chi connectivity index (χ4n) is 1.74. The van der Waals surface area contributed by atoms with Gasteiger partial charge in [0.2, 0.25) is 5.89 Å². The van der Waals surface area contributed by atoms with Gasteiger partial charge in [-0.1, -0.05) is 17.7 Å². The highest BCUT2D eigenvalue weighted by molar-refractivity contribution is 6.33. The smallest absolute Gasteiger partial charge is 0.230 e. The molecule has 94 valence electrons. The average molecular weight is 267 g/mol. The van der Waals surface area contributed by atoms with Crippen molar-refractivity contribution in [3.8, 4) is 11.5 Å². The van der Waals surface area contributed by atoms with Gasteiger partial charge in [-0.25, -0.2) is 9.37 Å². The summed E-state index contributed by atoms with van der Waals surface area (Å²) >= 11 is 5.96. The highest BCUT2D eigenvalue weighted by Gasteiger charge is 2.21. The van der Waals surface area contributed by atoms with Crippen molar-refractivity contribution >= 4 is 11.6 Å². The van der Waals surface area contributed by atoms with E-state index >= 15 is 0 Å². The molecule has 3 nitrogen and oxygen atoms in total. The molecule has 18 heavy (non-hydrogen) atoms. The highest BCUT2D eigenvalue weighted by atomic mass is 35.5. The van der Waals surface area contributed by atoms with E-state index in [9.17, 15) is 4.39 Å². The summed E-state index contributed by atoms with van der Waals surface area (Å²) in [6, 6.07) is 5.11. The largest absolute Gasteiger partial charge is 0.444 e. The zero-order chi connectivity index (χ0) is 12.5. The first-order valence-corrected chi connectivity index (χ1v) is 6.24. The van der Waals surface area contributed by atoms with Crippen molar-refractivity contribution in [2.24, 2.45) is 0 Å². The van der Waals surface area contributed by atoms with E-state index in [-0.39, 0.29) is 11.5 Å². The fraction of sp³-hybridized carbons (Fsp3) is 0.308. The molecule has 1 aromatic heterocycles. The third-order valence-corrected chi connectivity index (χ3v) is 3.19. The van der Waals surface area contributed by atoms with Gasteiger partial charge in [0.1, 0.15) is 12.1 Å².